The Morgan fingerprint density at radius 2 is 1.12 bits per heavy atom. The predicted molar refractivity (Wildman–Crippen MR) is 86.8 cm³/mol. The fourth-order valence-corrected chi connectivity index (χ4v) is 5.43. The van der Waals surface area contributed by atoms with Gasteiger partial charge in [0, 0.05) is 0 Å². The Bertz CT molecular complexity index is 1170. The molecule has 2 rings (SSSR count). The lowest BCUT2D eigenvalue weighted by atomic mass is 10.3. The number of nitrogen functional groups attached to an aromatic ring is 2. The molecule has 0 fully saturated rings. The van der Waals surface area contributed by atoms with Gasteiger partial charge in [-0.25, -0.2) is 8.42 Å². The molecule has 2 aromatic rings. The van der Waals surface area contributed by atoms with Crippen LogP contribution in [0.3, 0.4) is 0 Å². The van der Waals surface area contributed by atoms with Crippen LogP contribution < -0.4 is 11.5 Å². The molecule has 13 heteroatoms. The summed E-state index contributed by atoms with van der Waals surface area (Å²) in [6.07, 6.45) is 0. The number of para-hydroxylation sites is 1. The first-order chi connectivity index (χ1) is 11.3. The second-order valence-corrected chi connectivity index (χ2v) is 9.49. The molecule has 0 spiro atoms. The van der Waals surface area contributed by atoms with Crippen molar-refractivity contribution in [3.05, 3.63) is 36.4 Å². The average Bonchev–Trinajstić information content (AvgIpc) is 2.44. The smallest absolute Gasteiger partial charge is 0.295 e. The second-order valence-electron chi connectivity index (χ2n) is 4.83. The molecule has 0 heterocycles. The van der Waals surface area contributed by atoms with E-state index in [1.807, 2.05) is 0 Å². The van der Waals surface area contributed by atoms with Crippen molar-refractivity contribution >= 4 is 41.4 Å². The summed E-state index contributed by atoms with van der Waals surface area (Å²) in [6, 6.07) is 5.99. The summed E-state index contributed by atoms with van der Waals surface area (Å²) >= 11 is 0. The maximum atomic E-state index is 12.7. The van der Waals surface area contributed by atoms with Gasteiger partial charge in [-0.15, -0.1) is 0 Å². The van der Waals surface area contributed by atoms with E-state index in [4.69, 9.17) is 16.0 Å². The zero-order valence-corrected chi connectivity index (χ0v) is 14.6. The lowest BCUT2D eigenvalue weighted by molar-refractivity contribution is 0.466. The van der Waals surface area contributed by atoms with E-state index in [1.165, 1.54) is 18.2 Å². The largest absolute Gasteiger partial charge is 0.398 e. The minimum absolute atomic E-state index is 0.158. The zero-order valence-electron chi connectivity index (χ0n) is 12.2. The quantitative estimate of drug-likeness (QED) is 0.400. The van der Waals surface area contributed by atoms with E-state index in [0.717, 1.165) is 6.07 Å². The second kappa shape index (κ2) is 5.96. The summed E-state index contributed by atoms with van der Waals surface area (Å²) in [5.41, 5.74) is 10.3. The van der Waals surface area contributed by atoms with Gasteiger partial charge in [0.1, 0.15) is 9.79 Å². The Hall–Kier alpha value is -2.19. The summed E-state index contributed by atoms with van der Waals surface area (Å²) in [5, 5.41) is 0. The van der Waals surface area contributed by atoms with Crippen LogP contribution in [0.15, 0.2) is 56.0 Å². The number of anilines is 2. The minimum atomic E-state index is -5.20. The SMILES string of the molecule is Nc1ccccc1S(=O)(=O)c1cc(S(=O)(=O)O)c(S(=O)(=O)O)cc1N. The number of sulfone groups is 1. The highest BCUT2D eigenvalue weighted by atomic mass is 32.2. The Morgan fingerprint density at radius 1 is 0.640 bits per heavy atom. The van der Waals surface area contributed by atoms with E-state index in [9.17, 15) is 29.8 Å². The van der Waals surface area contributed by atoms with E-state index < -0.39 is 55.3 Å². The van der Waals surface area contributed by atoms with E-state index in [-0.39, 0.29) is 5.69 Å². The van der Waals surface area contributed by atoms with Crippen molar-refractivity contribution in [2.24, 2.45) is 0 Å². The summed E-state index contributed by atoms with van der Waals surface area (Å²) in [5.74, 6) is 0. The van der Waals surface area contributed by atoms with Gasteiger partial charge in [0.05, 0.1) is 21.2 Å². The molecule has 0 radical (unpaired) electrons. The lowest BCUT2D eigenvalue weighted by Crippen LogP contribution is -2.14. The van der Waals surface area contributed by atoms with Crippen molar-refractivity contribution in [3.8, 4) is 0 Å². The fraction of sp³-hybridized carbons (Fsp3) is 0. The van der Waals surface area contributed by atoms with Gasteiger partial charge in [0.2, 0.25) is 9.84 Å². The highest BCUT2D eigenvalue weighted by Gasteiger charge is 2.31. The lowest BCUT2D eigenvalue weighted by Gasteiger charge is -2.13. The van der Waals surface area contributed by atoms with E-state index in [1.54, 1.807) is 0 Å². The van der Waals surface area contributed by atoms with Gasteiger partial charge >= 0.3 is 0 Å². The van der Waals surface area contributed by atoms with Gasteiger partial charge < -0.3 is 11.5 Å². The third kappa shape index (κ3) is 3.59. The maximum absolute atomic E-state index is 12.7. The van der Waals surface area contributed by atoms with Crippen LogP contribution in [0.2, 0.25) is 0 Å². The number of benzene rings is 2. The minimum Gasteiger partial charge on any atom is -0.398 e. The summed E-state index contributed by atoms with van der Waals surface area (Å²) in [7, 11) is -14.8. The Morgan fingerprint density at radius 3 is 1.60 bits per heavy atom. The topological polar surface area (TPSA) is 195 Å². The van der Waals surface area contributed by atoms with Crippen LogP contribution >= 0.6 is 0 Å². The van der Waals surface area contributed by atoms with Gasteiger partial charge in [-0.05, 0) is 24.3 Å². The predicted octanol–water partition coefficient (Wildman–Crippen LogP) is 0.177. The number of hydrogen-bond acceptors (Lipinski definition) is 8. The molecule has 6 N–H and O–H groups in total. The van der Waals surface area contributed by atoms with E-state index in [0.29, 0.717) is 12.1 Å². The first-order valence-electron chi connectivity index (χ1n) is 6.24. The molecule has 136 valence electrons. The number of rotatable bonds is 4. The number of hydrogen-bond donors (Lipinski definition) is 4. The Labute approximate surface area is 143 Å². The molecule has 0 bridgehead atoms. The van der Waals surface area contributed by atoms with Gasteiger partial charge in [0.15, 0.2) is 0 Å². The molecule has 0 amide bonds. The summed E-state index contributed by atoms with van der Waals surface area (Å²) in [4.78, 5) is -3.79. The summed E-state index contributed by atoms with van der Waals surface area (Å²) in [6.45, 7) is 0. The van der Waals surface area contributed by atoms with Crippen LogP contribution in [0.5, 0.6) is 0 Å². The molecule has 2 aromatic carbocycles. The molecular formula is C12H12N2O8S3. The van der Waals surface area contributed by atoms with Crippen molar-refractivity contribution in [2.45, 2.75) is 19.6 Å². The highest BCUT2D eigenvalue weighted by molar-refractivity contribution is 7.92. The molecule has 0 aromatic heterocycles. The normalized spacial score (nSPS) is 12.9. The van der Waals surface area contributed by atoms with Gasteiger partial charge in [-0.3, -0.25) is 9.11 Å². The van der Waals surface area contributed by atoms with Gasteiger partial charge in [-0.1, -0.05) is 12.1 Å². The van der Waals surface area contributed by atoms with Crippen molar-refractivity contribution < 1.29 is 34.4 Å². The van der Waals surface area contributed by atoms with Crippen LogP contribution in [-0.4, -0.2) is 34.4 Å². The molecule has 25 heavy (non-hydrogen) atoms. The van der Waals surface area contributed by atoms with E-state index >= 15 is 0 Å². The number of nitrogens with two attached hydrogens (primary N) is 2. The molecule has 0 aliphatic heterocycles. The molecule has 10 nitrogen and oxygen atoms in total. The van der Waals surface area contributed by atoms with Crippen LogP contribution in [-0.2, 0) is 30.1 Å². The third-order valence-corrected chi connectivity index (χ3v) is 6.93. The van der Waals surface area contributed by atoms with Crippen molar-refractivity contribution in [1.82, 2.24) is 0 Å². The van der Waals surface area contributed by atoms with Crippen LogP contribution in [0, 0.1) is 0 Å². The molecule has 0 saturated heterocycles. The first-order valence-corrected chi connectivity index (χ1v) is 10.6. The van der Waals surface area contributed by atoms with Crippen molar-refractivity contribution in [2.75, 3.05) is 11.5 Å². The van der Waals surface area contributed by atoms with Gasteiger partial charge in [-0.2, -0.15) is 16.8 Å². The Kier molecular flexibility index (Phi) is 4.56. The Balaban J connectivity index is 2.92. The highest BCUT2D eigenvalue weighted by Crippen LogP contribution is 2.34. The molecule has 0 unspecified atom stereocenters. The molecule has 0 aliphatic carbocycles. The summed E-state index contributed by atoms with van der Waals surface area (Å²) < 4.78 is 89.0. The van der Waals surface area contributed by atoms with Crippen LogP contribution in [0.1, 0.15) is 0 Å². The van der Waals surface area contributed by atoms with Crippen molar-refractivity contribution in [1.29, 1.82) is 0 Å². The third-order valence-electron chi connectivity index (χ3n) is 3.13. The first kappa shape index (κ1) is 19.1. The average molecular weight is 408 g/mol. The standard InChI is InChI=1S/C12H12N2O8S3/c13-7-3-1-2-4-9(7)23(15,16)10-6-12(25(20,21)22)11(5-8(10)14)24(17,18)19/h1-6H,13-14H2,(H,17,18,19)(H,20,21,22). The zero-order chi connectivity index (χ0) is 19.2. The van der Waals surface area contributed by atoms with Crippen LogP contribution in [0.4, 0.5) is 11.4 Å². The molecule has 0 atom stereocenters. The van der Waals surface area contributed by atoms with Crippen LogP contribution in [0.25, 0.3) is 0 Å². The van der Waals surface area contributed by atoms with Gasteiger partial charge in [0.25, 0.3) is 20.2 Å². The molecule has 0 aliphatic rings. The molecular weight excluding hydrogens is 396 g/mol. The fourth-order valence-electron chi connectivity index (χ4n) is 2.04. The monoisotopic (exact) mass is 408 g/mol. The van der Waals surface area contributed by atoms with E-state index in [2.05, 4.69) is 0 Å². The maximum Gasteiger partial charge on any atom is 0.295 e. The van der Waals surface area contributed by atoms with Crippen molar-refractivity contribution in [3.63, 3.8) is 0 Å². The molecule has 0 saturated carbocycles.